The van der Waals surface area contributed by atoms with Gasteiger partial charge in [-0.05, 0) is 48.2 Å². The third-order valence-electron chi connectivity index (χ3n) is 4.67. The molecule has 3 rings (SSSR count). The number of alkyl halides is 3. The summed E-state index contributed by atoms with van der Waals surface area (Å²) < 4.78 is 39.0. The second kappa shape index (κ2) is 8.63. The lowest BCUT2D eigenvalue weighted by atomic mass is 9.79. The zero-order valence-corrected chi connectivity index (χ0v) is 17.6. The Morgan fingerprint density at radius 1 is 1.10 bits per heavy atom. The van der Waals surface area contributed by atoms with Gasteiger partial charge in [-0.3, -0.25) is 15.0 Å². The minimum Gasteiger partial charge on any atom is -0.359 e. The maximum Gasteiger partial charge on any atom is 0.416 e. The highest BCUT2D eigenvalue weighted by Gasteiger charge is 2.31. The molecule has 1 aliphatic rings. The fraction of sp³-hybridized carbons (Fsp3) is 0.273. The number of ketones is 1. The van der Waals surface area contributed by atoms with Gasteiger partial charge < -0.3 is 5.32 Å². The molecule has 0 radical (unpaired) electrons. The van der Waals surface area contributed by atoms with E-state index in [0.717, 1.165) is 22.8 Å². The van der Waals surface area contributed by atoms with E-state index in [1.54, 1.807) is 18.2 Å². The molecule has 1 aliphatic carbocycles. The molecule has 0 unspecified atom stereocenters. The van der Waals surface area contributed by atoms with Gasteiger partial charge in [0.25, 0.3) is 0 Å². The first-order chi connectivity index (χ1) is 14.4. The zero-order valence-electron chi connectivity index (χ0n) is 16.9. The van der Waals surface area contributed by atoms with Crippen LogP contribution in [0.3, 0.4) is 0 Å². The molecule has 9 heteroatoms. The Bertz CT molecular complexity index is 1030. The van der Waals surface area contributed by atoms with Crippen LogP contribution in [-0.4, -0.2) is 12.2 Å². The quantitative estimate of drug-likeness (QED) is 0.415. The number of hydrogen-bond donors (Lipinski definition) is 2. The van der Waals surface area contributed by atoms with E-state index in [-0.39, 0.29) is 16.9 Å². The predicted molar refractivity (Wildman–Crippen MR) is 115 cm³/mol. The third kappa shape index (κ3) is 6.01. The second-order valence-electron chi connectivity index (χ2n) is 8.14. The summed E-state index contributed by atoms with van der Waals surface area (Å²) in [5.74, 6) is 0.0239. The molecule has 2 N–H and O–H groups in total. The van der Waals surface area contributed by atoms with E-state index >= 15 is 0 Å². The molecule has 164 valence electrons. The number of amides is 1. The molecule has 2 aromatic carbocycles. The van der Waals surface area contributed by atoms with Crippen molar-refractivity contribution in [3.63, 3.8) is 0 Å². The molecular weight excluding hydrogens is 431 g/mol. The molecule has 0 fully saturated rings. The molecule has 1 amide bonds. The standard InChI is InChI=1S/C22H21ClF3N3O2/c1-21(2)11-18(10-20(31)12-21)27-16-7-15(23)8-17(9-16)28-29(13-30)19-5-3-4-14(6-19)22(24,25)26/h3-10,13,27-28H,11-12H2,1-2H3. The second-order valence-corrected chi connectivity index (χ2v) is 8.58. The fourth-order valence-electron chi connectivity index (χ4n) is 3.46. The number of hydrazine groups is 1. The van der Waals surface area contributed by atoms with E-state index in [9.17, 15) is 22.8 Å². The van der Waals surface area contributed by atoms with Crippen molar-refractivity contribution in [1.82, 2.24) is 0 Å². The average molecular weight is 452 g/mol. The number of allylic oxidation sites excluding steroid dienone is 2. The highest BCUT2D eigenvalue weighted by Crippen LogP contribution is 2.35. The number of nitrogens with zero attached hydrogens (tertiary/aromatic N) is 1. The summed E-state index contributed by atoms with van der Waals surface area (Å²) in [6.07, 6.45) is -1.48. The lowest BCUT2D eigenvalue weighted by Crippen LogP contribution is -2.28. The summed E-state index contributed by atoms with van der Waals surface area (Å²) in [6, 6.07) is 9.20. The van der Waals surface area contributed by atoms with Gasteiger partial charge in [-0.15, -0.1) is 0 Å². The van der Waals surface area contributed by atoms with Crippen LogP contribution in [0, 0.1) is 5.41 Å². The van der Waals surface area contributed by atoms with Crippen LogP contribution in [0.5, 0.6) is 0 Å². The summed E-state index contributed by atoms with van der Waals surface area (Å²) in [7, 11) is 0. The molecule has 0 bridgehead atoms. The van der Waals surface area contributed by atoms with Gasteiger partial charge in [-0.2, -0.15) is 13.2 Å². The van der Waals surface area contributed by atoms with Gasteiger partial charge in [0.05, 0.1) is 16.9 Å². The van der Waals surface area contributed by atoms with Crippen molar-refractivity contribution in [2.45, 2.75) is 32.9 Å². The third-order valence-corrected chi connectivity index (χ3v) is 4.88. The van der Waals surface area contributed by atoms with Crippen molar-refractivity contribution < 1.29 is 22.8 Å². The Morgan fingerprint density at radius 2 is 1.81 bits per heavy atom. The van der Waals surface area contributed by atoms with Gasteiger partial charge in [0, 0.05) is 28.9 Å². The monoisotopic (exact) mass is 451 g/mol. The van der Waals surface area contributed by atoms with Gasteiger partial charge >= 0.3 is 6.18 Å². The Labute approximate surface area is 182 Å². The Kier molecular flexibility index (Phi) is 6.31. The minimum absolute atomic E-state index is 0.0154. The van der Waals surface area contributed by atoms with Gasteiger partial charge in [-0.25, -0.2) is 5.01 Å². The van der Waals surface area contributed by atoms with E-state index in [4.69, 9.17) is 11.6 Å². The minimum atomic E-state index is -4.53. The lowest BCUT2D eigenvalue weighted by Gasteiger charge is -2.29. The van der Waals surface area contributed by atoms with Crippen molar-refractivity contribution >= 4 is 40.9 Å². The summed E-state index contributed by atoms with van der Waals surface area (Å²) in [4.78, 5) is 23.5. The summed E-state index contributed by atoms with van der Waals surface area (Å²) >= 11 is 6.19. The summed E-state index contributed by atoms with van der Waals surface area (Å²) in [6.45, 7) is 4.00. The molecule has 0 saturated heterocycles. The van der Waals surface area contributed by atoms with Crippen LogP contribution < -0.4 is 15.8 Å². The SMILES string of the molecule is CC1(C)CC(=O)C=C(Nc2cc(Cl)cc(NN(C=O)c3cccc(C(F)(F)F)c3)c2)C1. The zero-order chi connectivity index (χ0) is 22.8. The highest BCUT2D eigenvalue weighted by molar-refractivity contribution is 6.31. The van der Waals surface area contributed by atoms with Crippen molar-refractivity contribution in [2.75, 3.05) is 15.8 Å². The largest absolute Gasteiger partial charge is 0.416 e. The normalized spacial score (nSPS) is 15.8. The molecule has 0 atom stereocenters. The van der Waals surface area contributed by atoms with E-state index < -0.39 is 11.7 Å². The molecule has 31 heavy (non-hydrogen) atoms. The van der Waals surface area contributed by atoms with Crippen molar-refractivity contribution in [3.05, 3.63) is 64.8 Å². The molecule has 2 aromatic rings. The number of carbonyl (C=O) groups excluding carboxylic acids is 2. The molecule has 0 saturated carbocycles. The molecule has 0 aliphatic heterocycles. The first-order valence-corrected chi connectivity index (χ1v) is 9.82. The average Bonchev–Trinajstić information content (AvgIpc) is 2.63. The van der Waals surface area contributed by atoms with Crippen LogP contribution in [0.4, 0.5) is 30.2 Å². The topological polar surface area (TPSA) is 61.4 Å². The highest BCUT2D eigenvalue weighted by atomic mass is 35.5. The van der Waals surface area contributed by atoms with Crippen LogP contribution in [0.2, 0.25) is 5.02 Å². The van der Waals surface area contributed by atoms with E-state index in [2.05, 4.69) is 10.7 Å². The number of nitrogens with one attached hydrogen (secondary N) is 2. The smallest absolute Gasteiger partial charge is 0.359 e. The number of carbonyl (C=O) groups is 2. The Morgan fingerprint density at radius 3 is 2.45 bits per heavy atom. The van der Waals surface area contributed by atoms with Crippen LogP contribution in [0.25, 0.3) is 0 Å². The van der Waals surface area contributed by atoms with Crippen molar-refractivity contribution in [3.8, 4) is 0 Å². The number of hydrogen-bond acceptors (Lipinski definition) is 4. The van der Waals surface area contributed by atoms with E-state index in [1.807, 2.05) is 13.8 Å². The van der Waals surface area contributed by atoms with Crippen LogP contribution in [0.1, 0.15) is 32.3 Å². The summed E-state index contributed by atoms with van der Waals surface area (Å²) in [5, 5.41) is 4.43. The first kappa shape index (κ1) is 22.7. The van der Waals surface area contributed by atoms with Crippen molar-refractivity contribution in [1.29, 1.82) is 0 Å². The van der Waals surface area contributed by atoms with Crippen LogP contribution >= 0.6 is 11.6 Å². The molecule has 5 nitrogen and oxygen atoms in total. The van der Waals surface area contributed by atoms with E-state index in [1.165, 1.54) is 18.2 Å². The van der Waals surface area contributed by atoms with Crippen LogP contribution in [0.15, 0.2) is 54.2 Å². The maximum absolute atomic E-state index is 13.0. The molecule has 0 aromatic heterocycles. The Hall–Kier alpha value is -3.00. The Balaban J connectivity index is 1.83. The van der Waals surface area contributed by atoms with E-state index in [0.29, 0.717) is 35.6 Å². The number of benzene rings is 2. The van der Waals surface area contributed by atoms with Gasteiger partial charge in [-0.1, -0.05) is 31.5 Å². The van der Waals surface area contributed by atoms with Gasteiger partial charge in [0.15, 0.2) is 5.78 Å². The first-order valence-electron chi connectivity index (χ1n) is 9.45. The maximum atomic E-state index is 13.0. The number of anilines is 3. The van der Waals surface area contributed by atoms with Gasteiger partial charge in [0.2, 0.25) is 6.41 Å². The predicted octanol–water partition coefficient (Wildman–Crippen LogP) is 6.03. The molecule has 0 heterocycles. The molecule has 0 spiro atoms. The summed E-state index contributed by atoms with van der Waals surface area (Å²) in [5.41, 5.74) is 3.41. The molecular formula is C22H21ClF3N3O2. The van der Waals surface area contributed by atoms with Crippen molar-refractivity contribution in [2.24, 2.45) is 5.41 Å². The lowest BCUT2D eigenvalue weighted by molar-refractivity contribution is -0.137. The van der Waals surface area contributed by atoms with Crippen LogP contribution in [-0.2, 0) is 15.8 Å². The fourth-order valence-corrected chi connectivity index (χ4v) is 3.70. The number of rotatable bonds is 6. The number of halogens is 4. The van der Waals surface area contributed by atoms with Gasteiger partial charge in [0.1, 0.15) is 0 Å².